The van der Waals surface area contributed by atoms with E-state index >= 15 is 0 Å². The number of likely N-dealkylation sites (N-methyl/N-ethyl adjacent to an activating group) is 2. The summed E-state index contributed by atoms with van der Waals surface area (Å²) in [6, 6.07) is 35.4. The number of nitrogens with zero attached hydrogens (tertiary/aromatic N) is 22. The van der Waals surface area contributed by atoms with Crippen LogP contribution in [0.1, 0.15) is 89.3 Å². The summed E-state index contributed by atoms with van der Waals surface area (Å²) in [6.45, 7) is 54.2. The van der Waals surface area contributed by atoms with Crippen molar-refractivity contribution in [3.63, 3.8) is 0 Å². The van der Waals surface area contributed by atoms with Crippen molar-refractivity contribution in [1.29, 1.82) is 0 Å². The summed E-state index contributed by atoms with van der Waals surface area (Å²) in [5.74, 6) is 2.67. The van der Waals surface area contributed by atoms with Gasteiger partial charge in [-0.05, 0) is 130 Å². The van der Waals surface area contributed by atoms with Crippen molar-refractivity contribution >= 4 is 112 Å². The molecule has 732 valence electrons. The number of piperazine rings is 3. The van der Waals surface area contributed by atoms with E-state index < -0.39 is 26.9 Å². The van der Waals surface area contributed by atoms with Gasteiger partial charge in [0, 0.05) is 180 Å². The van der Waals surface area contributed by atoms with E-state index in [0.717, 1.165) is 212 Å². The Morgan fingerprint density at radius 1 is 0.453 bits per heavy atom. The lowest BCUT2D eigenvalue weighted by Crippen LogP contribution is -2.49. The molecule has 12 heterocycles. The van der Waals surface area contributed by atoms with Gasteiger partial charge in [0.15, 0.2) is 0 Å². The third kappa shape index (κ3) is 25.1. The summed E-state index contributed by atoms with van der Waals surface area (Å²) >= 11 is 0. The average Bonchev–Trinajstić information content (AvgIpc) is 1.66. The van der Waals surface area contributed by atoms with Gasteiger partial charge in [0.2, 0.25) is 11.1 Å². The largest absolute Gasteiger partial charge is 0.462 e. The number of carbonyl (C=O) groups is 3. The van der Waals surface area contributed by atoms with Gasteiger partial charge in [0.05, 0.1) is 99.7 Å². The van der Waals surface area contributed by atoms with Gasteiger partial charge in [0.1, 0.15) is 57.3 Å². The Labute approximate surface area is 810 Å². The first-order valence-electron chi connectivity index (χ1n) is 48.8. The Morgan fingerprint density at radius 2 is 0.839 bits per heavy atom. The zero-order valence-corrected chi connectivity index (χ0v) is 85.6. The highest BCUT2D eigenvalue weighted by molar-refractivity contribution is 7.84. The number of ether oxygens (including phenoxy) is 6. The lowest BCUT2D eigenvalue weighted by Gasteiger charge is -2.38. The molecular formula is C101H139N23O10SSi2. The van der Waals surface area contributed by atoms with Gasteiger partial charge in [-0.1, -0.05) is 152 Å². The number of hydrogen-bond acceptors (Lipinski definition) is 27. The zero-order valence-electron chi connectivity index (χ0n) is 82.7. The van der Waals surface area contributed by atoms with E-state index in [0.29, 0.717) is 129 Å². The SMILES string of the molecule is C=CC(=O)N1CCN(c2nc(OCCN(CC)CC)nc3c2CCN(c2c(C)ccc4[nH]ncc24)C3)CC1.CCN(CC)CCOc1nc2c(c(N3CCN(C(=O)OCc4ccccc4)CC3)n1)CCN(c1c(C)ccc3c1cnn3COCC[Si](C)(C)C)C2.Cc1ccc2c(cnn2COCC[Si](C)(C)C)c1N1CCc2c(nc(S(C)=O)nc2N2CCN(C(=O)OCc3ccccc3)CC2)C1. The average molecular weight is 1920 g/mol. The first kappa shape index (κ1) is 99.8. The second-order valence-electron chi connectivity index (χ2n) is 38.4. The van der Waals surface area contributed by atoms with E-state index in [1.165, 1.54) is 39.7 Å². The van der Waals surface area contributed by atoms with Crippen LogP contribution in [-0.2, 0) is 100 Å². The van der Waals surface area contributed by atoms with Gasteiger partial charge in [-0.15, -0.1) is 0 Å². The molecule has 6 aliphatic heterocycles. The molecule has 1 N–H and O–H groups in total. The van der Waals surface area contributed by atoms with Crippen LogP contribution in [0.3, 0.4) is 0 Å². The van der Waals surface area contributed by atoms with Crippen molar-refractivity contribution in [1.82, 2.24) is 84.2 Å². The molecule has 1 atom stereocenters. The van der Waals surface area contributed by atoms with E-state index in [-0.39, 0.29) is 31.3 Å². The summed E-state index contributed by atoms with van der Waals surface area (Å²) in [5, 5.41) is 20.5. The van der Waals surface area contributed by atoms with Crippen LogP contribution < -0.4 is 38.9 Å². The molecule has 11 aromatic rings. The molecule has 1 unspecified atom stereocenters. The minimum Gasteiger partial charge on any atom is -0.462 e. The number of benzene rings is 5. The van der Waals surface area contributed by atoms with Gasteiger partial charge >= 0.3 is 24.2 Å². The highest BCUT2D eigenvalue weighted by Gasteiger charge is 2.36. The number of aromatic amines is 1. The number of H-pyrrole nitrogens is 1. The fourth-order valence-corrected chi connectivity index (χ4v) is 20.6. The van der Waals surface area contributed by atoms with E-state index in [1.54, 1.807) is 16.1 Å². The van der Waals surface area contributed by atoms with Crippen LogP contribution in [0.4, 0.5) is 44.1 Å². The molecule has 3 amide bonds. The molecule has 0 saturated carbocycles. The predicted molar refractivity (Wildman–Crippen MR) is 547 cm³/mol. The van der Waals surface area contributed by atoms with Crippen LogP contribution in [0.15, 0.2) is 133 Å². The highest BCUT2D eigenvalue weighted by Crippen LogP contribution is 2.41. The molecule has 3 fully saturated rings. The highest BCUT2D eigenvalue weighted by atomic mass is 32.2. The van der Waals surface area contributed by atoms with E-state index in [2.05, 4.69) is 180 Å². The fourth-order valence-electron chi connectivity index (χ4n) is 18.6. The third-order valence-electron chi connectivity index (χ3n) is 26.7. The maximum absolute atomic E-state index is 12.9. The Kier molecular flexibility index (Phi) is 33.6. The summed E-state index contributed by atoms with van der Waals surface area (Å²) in [5.41, 5.74) is 18.5. The summed E-state index contributed by atoms with van der Waals surface area (Å²) in [6.07, 6.45) is 10.6. The number of nitrogens with one attached hydrogen (secondary N) is 1. The topological polar surface area (TPSA) is 301 Å². The molecule has 6 aliphatic rings. The molecule has 0 spiro atoms. The van der Waals surface area contributed by atoms with Gasteiger partial charge < -0.3 is 82.3 Å². The lowest BCUT2D eigenvalue weighted by molar-refractivity contribution is -0.126. The predicted octanol–water partition coefficient (Wildman–Crippen LogP) is 14.2. The Bertz CT molecular complexity index is 5960. The minimum atomic E-state index is -1.34. The molecule has 0 radical (unpaired) electrons. The number of fused-ring (bicyclic) bond motifs is 6. The number of aryl methyl sites for hydroxylation is 3. The Hall–Kier alpha value is -11.7. The van der Waals surface area contributed by atoms with Crippen molar-refractivity contribution in [2.24, 2.45) is 0 Å². The number of aromatic nitrogens is 12. The molecule has 6 aromatic heterocycles. The van der Waals surface area contributed by atoms with Crippen LogP contribution >= 0.6 is 0 Å². The van der Waals surface area contributed by atoms with E-state index in [4.69, 9.17) is 68.5 Å². The monoisotopic (exact) mass is 1920 g/mol. The lowest BCUT2D eigenvalue weighted by atomic mass is 10.0. The second-order valence-corrected chi connectivity index (χ2v) is 50.9. The van der Waals surface area contributed by atoms with Crippen molar-refractivity contribution in [3.8, 4) is 12.0 Å². The Balaban J connectivity index is 0.000000158. The number of rotatable bonds is 34. The van der Waals surface area contributed by atoms with Gasteiger partial charge in [0.25, 0.3) is 0 Å². The third-order valence-corrected chi connectivity index (χ3v) is 30.8. The van der Waals surface area contributed by atoms with Crippen molar-refractivity contribution in [2.75, 3.05) is 200 Å². The number of anilines is 6. The van der Waals surface area contributed by atoms with E-state index in [9.17, 15) is 18.6 Å². The van der Waals surface area contributed by atoms with Crippen LogP contribution in [0, 0.1) is 20.8 Å². The first-order chi connectivity index (χ1) is 66.2. The van der Waals surface area contributed by atoms with Gasteiger partial charge in [-0.3, -0.25) is 14.1 Å². The minimum absolute atomic E-state index is 0.0192. The second kappa shape index (κ2) is 46.2. The van der Waals surface area contributed by atoms with Crippen LogP contribution in [0.5, 0.6) is 12.0 Å². The Morgan fingerprint density at radius 3 is 1.23 bits per heavy atom. The van der Waals surface area contributed by atoms with Crippen LogP contribution in [0.2, 0.25) is 51.4 Å². The van der Waals surface area contributed by atoms with Crippen molar-refractivity contribution in [3.05, 3.63) is 190 Å². The molecule has 0 aliphatic carbocycles. The number of carbonyl (C=O) groups excluding carboxylic acids is 3. The van der Waals surface area contributed by atoms with Gasteiger partial charge in [-0.2, -0.15) is 35.2 Å². The fraction of sp³-hybridized carbons (Fsp3) is 0.505. The molecule has 3 saturated heterocycles. The van der Waals surface area contributed by atoms with Crippen LogP contribution in [0.25, 0.3) is 32.7 Å². The molecule has 17 rings (SSSR count). The first-order valence-corrected chi connectivity index (χ1v) is 57.7. The standard InChI is InChI=1S/C39H56N8O4Si.C34H45N7O4SSi.C28H38N8O2/c1-7-43(8-2)22-23-50-38-41-34-27-46(36-30(3)14-15-35-33(36)26-40-47(35)29-49-24-25-52(4,5)6)17-16-32(34)37(42-38)44-18-20-45(21-19-44)39(48)51-28-31-12-10-9-11-13-31;1-25-11-12-30-28(21-35-41(30)24-44-19-20-47(3,4)5)31(25)40-14-13-27-29(22-40)36-33(46(2)43)37-32(27)38-15-17-39(18-16-38)34(42)45-23-26-9-7-6-8-10-26;1-5-25(37)34-12-14-35(15-13-34)27-21-10-11-36(26-20(4)8-9-23-22(26)18-29-32-23)19-24(21)30-28(31-27)38-17-16-33(6-2)7-3/h9-15,26H,7-8,16-25,27-29H2,1-6H3;6-12,21H,13-20,22-24H2,1-5H3;5,8-9,18H,1,6-7,10-17,19H2,2-4H3,(H,29,32). The molecule has 0 bridgehead atoms. The van der Waals surface area contributed by atoms with E-state index in [1.807, 2.05) is 93.5 Å². The zero-order chi connectivity index (χ0) is 96.4. The molecule has 5 aromatic carbocycles. The quantitative estimate of drug-likeness (QED) is 0.0169. The maximum Gasteiger partial charge on any atom is 0.410 e. The van der Waals surface area contributed by atoms with Crippen LogP contribution in [-0.4, -0.2) is 293 Å². The summed E-state index contributed by atoms with van der Waals surface area (Å²) < 4.78 is 52.3. The molecule has 36 heteroatoms. The summed E-state index contributed by atoms with van der Waals surface area (Å²) in [4.78, 5) is 91.4. The van der Waals surface area contributed by atoms with Crippen molar-refractivity contribution < 1.29 is 47.0 Å². The normalized spacial score (nSPS) is 15.5. The molecular weight excluding hydrogens is 1780 g/mol. The van der Waals surface area contributed by atoms with Crippen molar-refractivity contribution in [2.45, 2.75) is 171 Å². The number of hydrogen-bond donors (Lipinski definition) is 1. The number of amides is 3. The maximum atomic E-state index is 12.9. The molecule has 137 heavy (non-hydrogen) atoms. The van der Waals surface area contributed by atoms with Gasteiger partial charge in [-0.25, -0.2) is 28.9 Å². The summed E-state index contributed by atoms with van der Waals surface area (Å²) in [7, 11) is -3.67. The smallest absolute Gasteiger partial charge is 0.410 e. The molecule has 33 nitrogen and oxygen atoms in total.